The number of amides is 1. The van der Waals surface area contributed by atoms with E-state index >= 15 is 0 Å². The maximum atomic E-state index is 13.6. The van der Waals surface area contributed by atoms with Gasteiger partial charge in [0.1, 0.15) is 11.9 Å². The Balaban J connectivity index is 3.23. The van der Waals surface area contributed by atoms with Crippen molar-refractivity contribution in [3.63, 3.8) is 0 Å². The summed E-state index contributed by atoms with van der Waals surface area (Å²) >= 11 is 0. The molecule has 0 radical (unpaired) electrons. The molecule has 0 saturated heterocycles. The zero-order valence-electron chi connectivity index (χ0n) is 10.1. The molecule has 0 saturated carbocycles. The van der Waals surface area contributed by atoms with Crippen molar-refractivity contribution in [2.24, 2.45) is 0 Å². The van der Waals surface area contributed by atoms with Gasteiger partial charge in [-0.05, 0) is 13.0 Å². The highest BCUT2D eigenvalue weighted by Gasteiger charge is 2.25. The first-order valence-electron chi connectivity index (χ1n) is 5.09. The van der Waals surface area contributed by atoms with Crippen LogP contribution in [0.25, 0.3) is 0 Å². The number of carbonyl (C=O) groups excluding carboxylic acids is 1. The van der Waals surface area contributed by atoms with Gasteiger partial charge in [-0.2, -0.15) is 9.65 Å². The molecule has 0 heterocycles. The summed E-state index contributed by atoms with van der Waals surface area (Å²) in [7, 11) is 1.25. The Bertz CT molecular complexity index is 583. The van der Waals surface area contributed by atoms with Gasteiger partial charge < -0.3 is 4.90 Å². The van der Waals surface area contributed by atoms with Crippen LogP contribution in [0.5, 0.6) is 0 Å². The number of halogens is 2. The monoisotopic (exact) mass is 269 g/mol. The molecule has 1 atom stereocenters. The van der Waals surface area contributed by atoms with Crippen LogP contribution in [0.1, 0.15) is 17.3 Å². The summed E-state index contributed by atoms with van der Waals surface area (Å²) in [5, 5.41) is 19.0. The van der Waals surface area contributed by atoms with Gasteiger partial charge in [0.25, 0.3) is 5.91 Å². The minimum atomic E-state index is -1.31. The molecule has 0 aliphatic rings. The van der Waals surface area contributed by atoms with E-state index in [2.05, 4.69) is 0 Å². The fraction of sp³-hybridized carbons (Fsp3) is 0.273. The van der Waals surface area contributed by atoms with E-state index in [9.17, 15) is 23.7 Å². The molecule has 1 rings (SSSR count). The third-order valence-electron chi connectivity index (χ3n) is 2.55. The molecule has 0 aliphatic heterocycles. The second-order valence-electron chi connectivity index (χ2n) is 3.76. The van der Waals surface area contributed by atoms with Gasteiger partial charge in [0, 0.05) is 7.05 Å². The maximum Gasteiger partial charge on any atom is 0.307 e. The first kappa shape index (κ1) is 14.5. The lowest BCUT2D eigenvalue weighted by molar-refractivity contribution is -0.387. The Morgan fingerprint density at radius 1 is 1.47 bits per heavy atom. The first-order valence-corrected chi connectivity index (χ1v) is 5.09. The molecule has 6 nitrogen and oxygen atoms in total. The average Bonchev–Trinajstić information content (AvgIpc) is 2.37. The zero-order chi connectivity index (χ0) is 14.7. The molecular weight excluding hydrogens is 260 g/mol. The lowest BCUT2D eigenvalue weighted by Crippen LogP contribution is -2.34. The third kappa shape index (κ3) is 2.82. The minimum absolute atomic E-state index is 0.341. The van der Waals surface area contributed by atoms with Crippen LogP contribution in [-0.2, 0) is 0 Å². The summed E-state index contributed by atoms with van der Waals surface area (Å²) in [4.78, 5) is 22.0. The number of hydrogen-bond acceptors (Lipinski definition) is 4. The van der Waals surface area contributed by atoms with Gasteiger partial charge in [0.15, 0.2) is 0 Å². The minimum Gasteiger partial charge on any atom is -0.326 e. The molecule has 1 unspecified atom stereocenters. The predicted molar refractivity (Wildman–Crippen MR) is 60.2 cm³/mol. The van der Waals surface area contributed by atoms with Crippen molar-refractivity contribution in [3.8, 4) is 6.07 Å². The average molecular weight is 269 g/mol. The summed E-state index contributed by atoms with van der Waals surface area (Å²) in [6.45, 7) is 1.40. The van der Waals surface area contributed by atoms with Gasteiger partial charge in [-0.3, -0.25) is 14.9 Å². The van der Waals surface area contributed by atoms with E-state index < -0.39 is 39.8 Å². The van der Waals surface area contributed by atoms with Gasteiger partial charge >= 0.3 is 5.69 Å². The van der Waals surface area contributed by atoms with Crippen LogP contribution in [0.15, 0.2) is 12.1 Å². The number of nitriles is 1. The van der Waals surface area contributed by atoms with Crippen LogP contribution in [0.4, 0.5) is 14.5 Å². The summed E-state index contributed by atoms with van der Waals surface area (Å²) < 4.78 is 26.9. The number of rotatable bonds is 3. The lowest BCUT2D eigenvalue weighted by atomic mass is 10.1. The van der Waals surface area contributed by atoms with E-state index in [1.54, 1.807) is 6.07 Å². The van der Waals surface area contributed by atoms with E-state index in [1.807, 2.05) is 0 Å². The van der Waals surface area contributed by atoms with Crippen LogP contribution in [0.3, 0.4) is 0 Å². The van der Waals surface area contributed by atoms with Crippen molar-refractivity contribution in [1.82, 2.24) is 4.90 Å². The lowest BCUT2D eigenvalue weighted by Gasteiger charge is -2.19. The quantitative estimate of drug-likeness (QED) is 0.619. The largest absolute Gasteiger partial charge is 0.326 e. The van der Waals surface area contributed by atoms with Crippen molar-refractivity contribution >= 4 is 11.6 Å². The molecule has 1 amide bonds. The van der Waals surface area contributed by atoms with Crippen molar-refractivity contribution < 1.29 is 18.5 Å². The topological polar surface area (TPSA) is 87.2 Å². The second-order valence-corrected chi connectivity index (χ2v) is 3.76. The van der Waals surface area contributed by atoms with Gasteiger partial charge in [-0.15, -0.1) is 0 Å². The Hall–Kier alpha value is -2.56. The number of nitro groups is 1. The smallest absolute Gasteiger partial charge is 0.307 e. The molecule has 0 bridgehead atoms. The van der Waals surface area contributed by atoms with Gasteiger partial charge in [-0.1, -0.05) is 0 Å². The van der Waals surface area contributed by atoms with E-state index in [-0.39, 0.29) is 0 Å². The Morgan fingerprint density at radius 2 is 2.05 bits per heavy atom. The second kappa shape index (κ2) is 5.39. The number of nitro benzene ring substituents is 1. The van der Waals surface area contributed by atoms with E-state index in [4.69, 9.17) is 5.26 Å². The van der Waals surface area contributed by atoms with Crippen molar-refractivity contribution in [1.29, 1.82) is 5.26 Å². The van der Waals surface area contributed by atoms with Crippen LogP contribution in [0, 0.1) is 33.1 Å². The van der Waals surface area contributed by atoms with Crippen molar-refractivity contribution in [2.45, 2.75) is 13.0 Å². The SMILES string of the molecule is CC(C#N)N(C)C(=O)c1cc(F)c([N+](=O)[O-])cc1F. The molecule has 100 valence electrons. The van der Waals surface area contributed by atoms with Crippen LogP contribution in [-0.4, -0.2) is 28.8 Å². The normalized spacial score (nSPS) is 11.5. The Labute approximate surface area is 107 Å². The highest BCUT2D eigenvalue weighted by molar-refractivity contribution is 5.95. The zero-order valence-corrected chi connectivity index (χ0v) is 10.1. The van der Waals surface area contributed by atoms with E-state index in [1.165, 1.54) is 14.0 Å². The summed E-state index contributed by atoms with van der Waals surface area (Å²) in [5.41, 5.74) is -1.71. The fourth-order valence-electron chi connectivity index (χ4n) is 1.29. The number of benzene rings is 1. The van der Waals surface area contributed by atoms with Gasteiger partial charge in [0.2, 0.25) is 5.82 Å². The molecule has 1 aromatic carbocycles. The molecule has 1 aromatic rings. The summed E-state index contributed by atoms with van der Waals surface area (Å²) in [6, 6.07) is 1.71. The highest BCUT2D eigenvalue weighted by atomic mass is 19.1. The number of nitrogens with zero attached hydrogens (tertiary/aromatic N) is 3. The van der Waals surface area contributed by atoms with Crippen LogP contribution < -0.4 is 0 Å². The fourth-order valence-corrected chi connectivity index (χ4v) is 1.29. The van der Waals surface area contributed by atoms with Crippen molar-refractivity contribution in [2.75, 3.05) is 7.05 Å². The maximum absolute atomic E-state index is 13.6. The molecule has 0 fully saturated rings. The standard InChI is InChI=1S/C11H9F2N3O3/c1-6(5-14)15(2)11(17)7-3-9(13)10(16(18)19)4-8(7)12/h3-4,6H,1-2H3. The van der Waals surface area contributed by atoms with Gasteiger partial charge in [0.05, 0.1) is 22.6 Å². The number of hydrogen-bond donors (Lipinski definition) is 0. The Kier molecular flexibility index (Phi) is 4.11. The number of carbonyl (C=O) groups is 1. The summed E-state index contributed by atoms with van der Waals surface area (Å²) in [5.74, 6) is -3.46. The third-order valence-corrected chi connectivity index (χ3v) is 2.55. The molecule has 0 N–H and O–H groups in total. The molecule has 0 aliphatic carbocycles. The molecule has 19 heavy (non-hydrogen) atoms. The van der Waals surface area contributed by atoms with E-state index in [0.29, 0.717) is 12.1 Å². The van der Waals surface area contributed by atoms with Crippen molar-refractivity contribution in [3.05, 3.63) is 39.4 Å². The molecule has 0 aromatic heterocycles. The first-order chi connectivity index (χ1) is 8.79. The molecular formula is C11H9F2N3O3. The molecule has 8 heteroatoms. The highest BCUT2D eigenvalue weighted by Crippen LogP contribution is 2.22. The molecule has 0 spiro atoms. The predicted octanol–water partition coefficient (Wildman–Crippen LogP) is 1.86. The summed E-state index contributed by atoms with van der Waals surface area (Å²) in [6.07, 6.45) is 0. The van der Waals surface area contributed by atoms with Crippen LogP contribution >= 0.6 is 0 Å². The van der Waals surface area contributed by atoms with Crippen LogP contribution in [0.2, 0.25) is 0 Å². The Morgan fingerprint density at radius 3 is 2.53 bits per heavy atom. The van der Waals surface area contributed by atoms with E-state index in [0.717, 1.165) is 4.90 Å². The van der Waals surface area contributed by atoms with Gasteiger partial charge in [-0.25, -0.2) is 4.39 Å².